The molecule has 0 bridgehead atoms. The van der Waals surface area contributed by atoms with E-state index in [-0.39, 0.29) is 6.54 Å². The number of nitrogens with one attached hydrogen (secondary N) is 1. The zero-order valence-electron chi connectivity index (χ0n) is 17.0. The van der Waals surface area contributed by atoms with Crippen LogP contribution < -0.4 is 4.72 Å². The number of hydrogen-bond acceptors (Lipinski definition) is 4. The van der Waals surface area contributed by atoms with Gasteiger partial charge in [-0.3, -0.25) is 4.99 Å². The summed E-state index contributed by atoms with van der Waals surface area (Å²) in [7, 11) is -1.52. The molecular weight excluding hydrogens is 396 g/mol. The van der Waals surface area contributed by atoms with Crippen molar-refractivity contribution < 1.29 is 8.42 Å². The smallest absolute Gasteiger partial charge is 0.209 e. The van der Waals surface area contributed by atoms with E-state index in [2.05, 4.69) is 16.3 Å². The Morgan fingerprint density at radius 1 is 1.17 bits per heavy atom. The van der Waals surface area contributed by atoms with E-state index >= 15 is 0 Å². The quantitative estimate of drug-likeness (QED) is 0.444. The zero-order valence-corrected chi connectivity index (χ0v) is 17.8. The summed E-state index contributed by atoms with van der Waals surface area (Å²) in [4.78, 5) is 4.03. The van der Waals surface area contributed by atoms with E-state index in [1.165, 1.54) is 0 Å². The minimum atomic E-state index is -3.24. The van der Waals surface area contributed by atoms with Gasteiger partial charge < -0.3 is 0 Å². The maximum atomic E-state index is 11.3. The number of rotatable bonds is 8. The molecule has 2 aromatic carbocycles. The summed E-state index contributed by atoms with van der Waals surface area (Å²) >= 11 is 0. The van der Waals surface area contributed by atoms with Crippen LogP contribution >= 0.6 is 0 Å². The Labute approximate surface area is 177 Å². The van der Waals surface area contributed by atoms with E-state index in [1.54, 1.807) is 19.3 Å². The van der Waals surface area contributed by atoms with Gasteiger partial charge in [0.15, 0.2) is 0 Å². The molecule has 0 amide bonds. The SMILES string of the molecule is C=CC(=CC=NC)c1nn(-c2ccccc2)cc1-c1ccc(CNS(C)(=O)=O)cc1. The number of hydrogen-bond donors (Lipinski definition) is 1. The molecule has 1 N–H and O–H groups in total. The second kappa shape index (κ2) is 9.47. The van der Waals surface area contributed by atoms with Crippen LogP contribution in [0, 0.1) is 0 Å². The Hall–Kier alpha value is -3.29. The molecule has 0 unspecified atom stereocenters. The average Bonchev–Trinajstić information content (AvgIpc) is 3.19. The molecule has 6 nitrogen and oxygen atoms in total. The van der Waals surface area contributed by atoms with Gasteiger partial charge >= 0.3 is 0 Å². The third-order valence-corrected chi connectivity index (χ3v) is 5.10. The second-order valence-corrected chi connectivity index (χ2v) is 8.53. The van der Waals surface area contributed by atoms with Gasteiger partial charge in [0.05, 0.1) is 11.9 Å². The lowest BCUT2D eigenvalue weighted by atomic mass is 10.0. The van der Waals surface area contributed by atoms with Crippen LogP contribution in [0.1, 0.15) is 11.3 Å². The molecular formula is C23H24N4O2S. The zero-order chi connectivity index (χ0) is 21.6. The van der Waals surface area contributed by atoms with E-state index in [4.69, 9.17) is 5.10 Å². The molecule has 1 aromatic heterocycles. The van der Waals surface area contributed by atoms with E-state index in [0.717, 1.165) is 39.9 Å². The summed E-state index contributed by atoms with van der Waals surface area (Å²) in [6, 6.07) is 17.6. The first-order valence-electron chi connectivity index (χ1n) is 9.35. The van der Waals surface area contributed by atoms with E-state index < -0.39 is 10.0 Å². The van der Waals surface area contributed by atoms with Crippen molar-refractivity contribution >= 4 is 21.8 Å². The van der Waals surface area contributed by atoms with Crippen molar-refractivity contribution in [1.29, 1.82) is 0 Å². The van der Waals surface area contributed by atoms with Crippen molar-refractivity contribution in [2.45, 2.75) is 6.54 Å². The maximum Gasteiger partial charge on any atom is 0.209 e. The standard InChI is InChI=1S/C23H24N4O2S/c1-4-19(14-15-24-2)23-22(17-27(26-23)21-8-6-5-7-9-21)20-12-10-18(11-13-20)16-25-30(3,28)29/h4-15,17,25H,1,16H2,2-3H3. The Kier molecular flexibility index (Phi) is 6.76. The van der Waals surface area contributed by atoms with E-state index in [1.807, 2.05) is 71.6 Å². The maximum absolute atomic E-state index is 11.3. The summed E-state index contributed by atoms with van der Waals surface area (Å²) in [5, 5.41) is 4.80. The third-order valence-electron chi connectivity index (χ3n) is 4.43. The topological polar surface area (TPSA) is 76.3 Å². The van der Waals surface area contributed by atoms with E-state index in [0.29, 0.717) is 0 Å². The Bertz CT molecular complexity index is 1180. The summed E-state index contributed by atoms with van der Waals surface area (Å²) < 4.78 is 27.0. The molecule has 0 aliphatic carbocycles. The molecule has 0 aliphatic heterocycles. The predicted molar refractivity (Wildman–Crippen MR) is 123 cm³/mol. The molecule has 0 saturated heterocycles. The highest BCUT2D eigenvalue weighted by Gasteiger charge is 2.14. The monoisotopic (exact) mass is 420 g/mol. The van der Waals surface area contributed by atoms with Crippen LogP contribution in [0.4, 0.5) is 0 Å². The molecule has 0 saturated carbocycles. The molecule has 3 aromatic rings. The van der Waals surface area contributed by atoms with Crippen LogP contribution in [-0.4, -0.2) is 37.7 Å². The molecule has 0 fully saturated rings. The van der Waals surface area contributed by atoms with E-state index in [9.17, 15) is 8.42 Å². The molecule has 30 heavy (non-hydrogen) atoms. The number of aliphatic imine (C=N–C) groups is 1. The van der Waals surface area contributed by atoms with Crippen molar-refractivity contribution in [3.8, 4) is 16.8 Å². The summed E-state index contributed by atoms with van der Waals surface area (Å²) in [5.41, 5.74) is 5.38. The highest BCUT2D eigenvalue weighted by Crippen LogP contribution is 2.30. The number of aromatic nitrogens is 2. The van der Waals surface area contributed by atoms with Gasteiger partial charge in [0.1, 0.15) is 5.69 Å². The fourth-order valence-corrected chi connectivity index (χ4v) is 3.36. The van der Waals surface area contributed by atoms with Gasteiger partial charge in [0, 0.05) is 37.1 Å². The predicted octanol–water partition coefficient (Wildman–Crippen LogP) is 3.86. The van der Waals surface area contributed by atoms with Gasteiger partial charge in [-0.15, -0.1) is 0 Å². The lowest BCUT2D eigenvalue weighted by molar-refractivity contribution is 0.587. The Morgan fingerprint density at radius 2 is 1.87 bits per heavy atom. The van der Waals surface area contributed by atoms with Crippen LogP contribution in [0.2, 0.25) is 0 Å². The van der Waals surface area contributed by atoms with Gasteiger partial charge in [0.2, 0.25) is 10.0 Å². The summed E-state index contributed by atoms with van der Waals surface area (Å²) in [6.07, 6.45) is 8.47. The largest absolute Gasteiger partial charge is 0.296 e. The van der Waals surface area contributed by atoms with Gasteiger partial charge in [-0.1, -0.05) is 55.1 Å². The van der Waals surface area contributed by atoms with Crippen LogP contribution in [-0.2, 0) is 16.6 Å². The number of para-hydroxylation sites is 1. The Morgan fingerprint density at radius 3 is 2.47 bits per heavy atom. The molecule has 0 spiro atoms. The lowest BCUT2D eigenvalue weighted by Crippen LogP contribution is -2.21. The van der Waals surface area contributed by atoms with Crippen LogP contribution in [0.3, 0.4) is 0 Å². The lowest BCUT2D eigenvalue weighted by Gasteiger charge is -2.06. The van der Waals surface area contributed by atoms with Crippen molar-refractivity contribution in [3.63, 3.8) is 0 Å². The average molecular weight is 421 g/mol. The highest BCUT2D eigenvalue weighted by atomic mass is 32.2. The summed E-state index contributed by atoms with van der Waals surface area (Å²) in [6.45, 7) is 4.17. The number of sulfonamides is 1. The first-order valence-corrected chi connectivity index (χ1v) is 11.2. The first-order chi connectivity index (χ1) is 14.4. The third kappa shape index (κ3) is 5.40. The molecule has 1 heterocycles. The van der Waals surface area contributed by atoms with Gasteiger partial charge in [0.25, 0.3) is 0 Å². The number of allylic oxidation sites excluding steroid dienone is 3. The van der Waals surface area contributed by atoms with Crippen molar-refractivity contribution in [2.24, 2.45) is 4.99 Å². The number of benzene rings is 2. The minimum Gasteiger partial charge on any atom is -0.296 e. The molecule has 0 aliphatic rings. The van der Waals surface area contributed by atoms with Crippen molar-refractivity contribution in [1.82, 2.24) is 14.5 Å². The fraction of sp³-hybridized carbons (Fsp3) is 0.130. The molecule has 0 atom stereocenters. The second-order valence-electron chi connectivity index (χ2n) is 6.70. The fourth-order valence-electron chi connectivity index (χ4n) is 2.93. The molecule has 3 rings (SSSR count). The minimum absolute atomic E-state index is 0.250. The normalized spacial score (nSPS) is 12.4. The van der Waals surface area contributed by atoms with Crippen LogP contribution in [0.5, 0.6) is 0 Å². The van der Waals surface area contributed by atoms with Gasteiger partial charge in [-0.05, 0) is 29.3 Å². The van der Waals surface area contributed by atoms with Crippen LogP contribution in [0.15, 0.2) is 84.5 Å². The Balaban J connectivity index is 2.04. The molecule has 7 heteroatoms. The van der Waals surface area contributed by atoms with Crippen LogP contribution in [0.25, 0.3) is 22.4 Å². The number of nitrogens with zero attached hydrogens (tertiary/aromatic N) is 3. The van der Waals surface area contributed by atoms with Crippen molar-refractivity contribution in [3.05, 3.63) is 90.8 Å². The van der Waals surface area contributed by atoms with Gasteiger partial charge in [-0.2, -0.15) is 5.10 Å². The van der Waals surface area contributed by atoms with Gasteiger partial charge in [-0.25, -0.2) is 17.8 Å². The van der Waals surface area contributed by atoms with Crippen molar-refractivity contribution in [2.75, 3.05) is 13.3 Å². The summed E-state index contributed by atoms with van der Waals surface area (Å²) in [5.74, 6) is 0. The molecule has 154 valence electrons. The highest BCUT2D eigenvalue weighted by molar-refractivity contribution is 7.88. The molecule has 0 radical (unpaired) electrons. The first kappa shape index (κ1) is 21.4.